The van der Waals surface area contributed by atoms with E-state index in [0.29, 0.717) is 5.92 Å². The van der Waals surface area contributed by atoms with Crippen LogP contribution in [-0.2, 0) is 19.1 Å². The summed E-state index contributed by atoms with van der Waals surface area (Å²) in [5, 5.41) is 22.5. The van der Waals surface area contributed by atoms with Crippen LogP contribution >= 0.6 is 0 Å². The van der Waals surface area contributed by atoms with E-state index in [4.69, 9.17) is 9.47 Å². The first-order chi connectivity index (χ1) is 18.4. The molecule has 0 radical (unpaired) electrons. The van der Waals surface area contributed by atoms with Crippen molar-refractivity contribution in [2.24, 2.45) is 50.2 Å². The zero-order valence-electron chi connectivity index (χ0n) is 26.4. The summed E-state index contributed by atoms with van der Waals surface area (Å²) in [4.78, 5) is 24.1. The Kier molecular flexibility index (Phi) is 6.99. The molecule has 5 aliphatic carbocycles. The minimum Gasteiger partial charge on any atom is -0.465 e. The number of aliphatic hydroxyl groups is 2. The van der Waals surface area contributed by atoms with Gasteiger partial charge >= 0.3 is 11.9 Å². The molecule has 4 saturated carbocycles. The molecule has 11 atom stereocenters. The van der Waals surface area contributed by atoms with Gasteiger partial charge in [-0.3, -0.25) is 9.59 Å². The number of hydrogen-bond acceptors (Lipinski definition) is 6. The average molecular weight is 559 g/mol. The molecule has 226 valence electrons. The van der Waals surface area contributed by atoms with Gasteiger partial charge < -0.3 is 19.7 Å². The van der Waals surface area contributed by atoms with Crippen molar-refractivity contribution in [1.29, 1.82) is 0 Å². The van der Waals surface area contributed by atoms with Crippen LogP contribution in [0.25, 0.3) is 0 Å². The lowest BCUT2D eigenvalue weighted by molar-refractivity contribution is -0.232. The first kappa shape index (κ1) is 30.1. The molecule has 2 unspecified atom stereocenters. The molecular weight excluding hydrogens is 504 g/mol. The Hall–Kier alpha value is -1.40. The van der Waals surface area contributed by atoms with E-state index < -0.39 is 17.6 Å². The second kappa shape index (κ2) is 9.30. The predicted molar refractivity (Wildman–Crippen MR) is 154 cm³/mol. The highest BCUT2D eigenvalue weighted by atomic mass is 16.6. The molecule has 6 heteroatoms. The van der Waals surface area contributed by atoms with Gasteiger partial charge in [0.05, 0.1) is 12.2 Å². The third kappa shape index (κ3) is 3.93. The van der Waals surface area contributed by atoms with Crippen LogP contribution in [0.1, 0.15) is 114 Å². The van der Waals surface area contributed by atoms with Crippen molar-refractivity contribution in [1.82, 2.24) is 0 Å². The maximum absolute atomic E-state index is 12.1. The fourth-order valence-corrected chi connectivity index (χ4v) is 11.3. The molecule has 4 fully saturated rings. The van der Waals surface area contributed by atoms with Gasteiger partial charge in [0.25, 0.3) is 0 Å². The van der Waals surface area contributed by atoms with Crippen molar-refractivity contribution in [3.8, 4) is 0 Å². The Morgan fingerprint density at radius 2 is 1.52 bits per heavy atom. The van der Waals surface area contributed by atoms with E-state index in [1.165, 1.54) is 19.4 Å². The highest BCUT2D eigenvalue weighted by Crippen LogP contribution is 2.75. The van der Waals surface area contributed by atoms with Gasteiger partial charge in [0, 0.05) is 24.7 Å². The van der Waals surface area contributed by atoms with Crippen LogP contribution in [0.5, 0.6) is 0 Å². The molecule has 0 saturated heterocycles. The Bertz CT molecular complexity index is 1100. The van der Waals surface area contributed by atoms with E-state index in [1.54, 1.807) is 0 Å². The van der Waals surface area contributed by atoms with Crippen LogP contribution in [0.15, 0.2) is 11.6 Å². The summed E-state index contributed by atoms with van der Waals surface area (Å²) >= 11 is 0. The number of carbonyl (C=O) groups is 2. The molecule has 0 bridgehead atoms. The summed E-state index contributed by atoms with van der Waals surface area (Å²) in [7, 11) is 0. The predicted octanol–water partition coefficient (Wildman–Crippen LogP) is 6.22. The van der Waals surface area contributed by atoms with Gasteiger partial charge in [-0.1, -0.05) is 60.1 Å². The van der Waals surface area contributed by atoms with E-state index in [9.17, 15) is 19.8 Å². The summed E-state index contributed by atoms with van der Waals surface area (Å²) in [6, 6.07) is 0. The van der Waals surface area contributed by atoms with Gasteiger partial charge in [-0.05, 0) is 90.8 Å². The van der Waals surface area contributed by atoms with Crippen LogP contribution in [0.2, 0.25) is 0 Å². The molecule has 0 aliphatic heterocycles. The van der Waals surface area contributed by atoms with Crippen LogP contribution in [-0.4, -0.2) is 47.1 Å². The van der Waals surface area contributed by atoms with E-state index in [0.717, 1.165) is 51.4 Å². The molecule has 0 aromatic carbocycles. The van der Waals surface area contributed by atoms with Crippen molar-refractivity contribution >= 4 is 11.9 Å². The number of carbonyl (C=O) groups excluding carboxylic acids is 2. The smallest absolute Gasteiger partial charge is 0.302 e. The zero-order chi connectivity index (χ0) is 29.7. The normalized spacial score (nSPS) is 51.2. The van der Waals surface area contributed by atoms with Crippen molar-refractivity contribution in [3.05, 3.63) is 11.6 Å². The van der Waals surface area contributed by atoms with Crippen LogP contribution in [0.3, 0.4) is 0 Å². The van der Waals surface area contributed by atoms with Crippen LogP contribution < -0.4 is 0 Å². The minimum atomic E-state index is -0.718. The molecule has 6 nitrogen and oxygen atoms in total. The quantitative estimate of drug-likeness (QED) is 0.315. The summed E-state index contributed by atoms with van der Waals surface area (Å²) in [6.07, 6.45) is 8.55. The van der Waals surface area contributed by atoms with Gasteiger partial charge in [0.2, 0.25) is 0 Å². The lowest BCUT2D eigenvalue weighted by Gasteiger charge is -2.72. The first-order valence-electron chi connectivity index (χ1n) is 15.7. The third-order valence-corrected chi connectivity index (χ3v) is 14.0. The number of allylic oxidation sites excluding steroid dienone is 2. The molecular formula is C34H54O6. The number of rotatable bonds is 3. The Morgan fingerprint density at radius 1 is 0.850 bits per heavy atom. The maximum Gasteiger partial charge on any atom is 0.302 e. The van der Waals surface area contributed by atoms with Crippen LogP contribution in [0.4, 0.5) is 0 Å². The fourth-order valence-electron chi connectivity index (χ4n) is 11.3. The lowest BCUT2D eigenvalue weighted by atomic mass is 9.33. The standard InChI is InChI=1S/C34H54O6/c1-20(35)39-19-32(7)24-12-15-34(9)25(31(24,6)14-13-26(32)40-21(2)36)11-10-22-23-18-29(3,4)27(37)28(38)30(23,5)16-17-33(22,34)8/h10,23-28,37-38H,11-19H2,1-9H3/t23-,24?,25?,26-,27-,28+,30+,31-,32+,33+,34+/m0/s1. The topological polar surface area (TPSA) is 93.1 Å². The molecule has 0 aromatic heterocycles. The molecule has 0 heterocycles. The highest BCUT2D eigenvalue weighted by Gasteiger charge is 2.70. The van der Waals surface area contributed by atoms with Crippen molar-refractivity contribution < 1.29 is 29.3 Å². The number of esters is 2. The average Bonchev–Trinajstić information content (AvgIpc) is 2.85. The zero-order valence-corrected chi connectivity index (χ0v) is 26.4. The SMILES string of the molecule is CC(=O)OC[C@]1(C)C2CC[C@]3(C)C(CC=C4[C@@H]5CC(C)(C)[C@@H](O)[C@@H](O)[C@]5(C)CC[C@]43C)[C@@]2(C)CC[C@@H]1OC(C)=O. The maximum atomic E-state index is 12.1. The van der Waals surface area contributed by atoms with Crippen molar-refractivity contribution in [2.75, 3.05) is 6.61 Å². The molecule has 5 rings (SSSR count). The Morgan fingerprint density at radius 3 is 2.15 bits per heavy atom. The number of fused-ring (bicyclic) bond motifs is 7. The van der Waals surface area contributed by atoms with Gasteiger partial charge in [-0.15, -0.1) is 0 Å². The molecule has 40 heavy (non-hydrogen) atoms. The molecule has 5 aliphatic rings. The lowest BCUT2D eigenvalue weighted by Crippen LogP contribution is -2.67. The second-order valence-electron chi connectivity index (χ2n) is 16.4. The van der Waals surface area contributed by atoms with E-state index in [2.05, 4.69) is 54.5 Å². The van der Waals surface area contributed by atoms with Crippen molar-refractivity contribution in [3.63, 3.8) is 0 Å². The van der Waals surface area contributed by atoms with Gasteiger partial charge in [-0.2, -0.15) is 0 Å². The van der Waals surface area contributed by atoms with Gasteiger partial charge in [0.15, 0.2) is 0 Å². The van der Waals surface area contributed by atoms with E-state index in [-0.39, 0.29) is 63.6 Å². The summed E-state index contributed by atoms with van der Waals surface area (Å²) in [5.74, 6) is 0.430. The molecule has 0 aromatic rings. The fraction of sp³-hybridized carbons (Fsp3) is 0.882. The second-order valence-corrected chi connectivity index (χ2v) is 16.4. The van der Waals surface area contributed by atoms with Gasteiger partial charge in [-0.25, -0.2) is 0 Å². The Balaban J connectivity index is 1.55. The van der Waals surface area contributed by atoms with E-state index in [1.807, 2.05) is 0 Å². The first-order valence-corrected chi connectivity index (χ1v) is 15.7. The summed E-state index contributed by atoms with van der Waals surface area (Å²) in [6.45, 7) is 19.3. The van der Waals surface area contributed by atoms with Gasteiger partial charge in [0.1, 0.15) is 12.7 Å². The minimum absolute atomic E-state index is 0.0190. The number of ether oxygens (including phenoxy) is 2. The summed E-state index contributed by atoms with van der Waals surface area (Å²) < 4.78 is 11.6. The van der Waals surface area contributed by atoms with Crippen molar-refractivity contribution in [2.45, 2.75) is 132 Å². The molecule has 0 spiro atoms. The summed E-state index contributed by atoms with van der Waals surface area (Å²) in [5.41, 5.74) is 0.572. The largest absolute Gasteiger partial charge is 0.465 e. The monoisotopic (exact) mass is 558 g/mol. The Labute approximate surface area is 241 Å². The number of hydrogen-bond donors (Lipinski definition) is 2. The third-order valence-electron chi connectivity index (χ3n) is 14.0. The van der Waals surface area contributed by atoms with Crippen LogP contribution in [0, 0.1) is 50.2 Å². The highest BCUT2D eigenvalue weighted by molar-refractivity contribution is 5.66. The molecule has 2 N–H and O–H groups in total. The van der Waals surface area contributed by atoms with E-state index >= 15 is 0 Å². The number of aliphatic hydroxyl groups excluding tert-OH is 2. The molecule has 0 amide bonds.